The molecular formula is C14H28N2O. The third-order valence-electron chi connectivity index (χ3n) is 3.38. The van der Waals surface area contributed by atoms with E-state index in [0.29, 0.717) is 6.04 Å². The maximum absolute atomic E-state index is 5.15. The summed E-state index contributed by atoms with van der Waals surface area (Å²) in [6.07, 6.45) is 7.25. The fourth-order valence-corrected chi connectivity index (χ4v) is 2.04. The maximum Gasteiger partial charge on any atom is 0.0589 e. The lowest BCUT2D eigenvalue weighted by atomic mass is 10.1. The summed E-state index contributed by atoms with van der Waals surface area (Å²) in [6.45, 7) is 10.1. The minimum absolute atomic E-state index is 0.615. The Morgan fingerprint density at radius 3 is 2.88 bits per heavy atom. The number of hydrogen-bond donors (Lipinski definition) is 1. The van der Waals surface area contributed by atoms with Gasteiger partial charge in [0, 0.05) is 32.3 Å². The van der Waals surface area contributed by atoms with Gasteiger partial charge in [0.1, 0.15) is 0 Å². The Morgan fingerprint density at radius 2 is 2.29 bits per heavy atom. The zero-order chi connectivity index (χ0) is 12.5. The predicted octanol–water partition coefficient (Wildman–Crippen LogP) is 2.04. The molecule has 0 heterocycles. The minimum Gasteiger partial charge on any atom is -0.383 e. The van der Waals surface area contributed by atoms with Gasteiger partial charge < -0.3 is 10.1 Å². The summed E-state index contributed by atoms with van der Waals surface area (Å²) in [4.78, 5) is 2.44. The molecule has 0 bridgehead atoms. The van der Waals surface area contributed by atoms with Gasteiger partial charge in [-0.05, 0) is 39.2 Å². The van der Waals surface area contributed by atoms with E-state index in [9.17, 15) is 0 Å². The average molecular weight is 240 g/mol. The fraction of sp³-hybridized carbons (Fsp3) is 0.857. The second-order valence-corrected chi connectivity index (χ2v) is 5.00. The average Bonchev–Trinajstić information content (AvgIpc) is 3.13. The number of ether oxygens (including phenoxy) is 1. The molecule has 0 saturated heterocycles. The van der Waals surface area contributed by atoms with Crippen molar-refractivity contribution >= 4 is 0 Å². The number of methoxy groups -OCH3 is 1. The normalized spacial score (nSPS) is 17.4. The molecule has 0 aromatic carbocycles. The van der Waals surface area contributed by atoms with Crippen molar-refractivity contribution in [3.63, 3.8) is 0 Å². The summed E-state index contributed by atoms with van der Waals surface area (Å²) in [6, 6.07) is 1.45. The van der Waals surface area contributed by atoms with Crippen LogP contribution in [0.3, 0.4) is 0 Å². The lowest BCUT2D eigenvalue weighted by molar-refractivity contribution is 0.129. The molecule has 3 nitrogen and oxygen atoms in total. The molecule has 0 aliphatic heterocycles. The maximum atomic E-state index is 5.15. The van der Waals surface area contributed by atoms with Crippen LogP contribution in [0.1, 0.15) is 32.6 Å². The molecule has 17 heavy (non-hydrogen) atoms. The zero-order valence-electron chi connectivity index (χ0n) is 11.5. The van der Waals surface area contributed by atoms with Gasteiger partial charge >= 0.3 is 0 Å². The summed E-state index contributed by atoms with van der Waals surface area (Å²) in [5.41, 5.74) is 0. The van der Waals surface area contributed by atoms with Crippen LogP contribution in [-0.4, -0.2) is 50.3 Å². The van der Waals surface area contributed by atoms with Crippen molar-refractivity contribution in [1.29, 1.82) is 0 Å². The van der Waals surface area contributed by atoms with Crippen LogP contribution in [0, 0.1) is 0 Å². The van der Waals surface area contributed by atoms with Gasteiger partial charge in [-0.2, -0.15) is 0 Å². The van der Waals surface area contributed by atoms with Crippen LogP contribution in [-0.2, 0) is 4.74 Å². The topological polar surface area (TPSA) is 24.5 Å². The number of hydrogen-bond acceptors (Lipinski definition) is 3. The van der Waals surface area contributed by atoms with Crippen LogP contribution < -0.4 is 5.32 Å². The van der Waals surface area contributed by atoms with E-state index >= 15 is 0 Å². The largest absolute Gasteiger partial charge is 0.383 e. The summed E-state index contributed by atoms with van der Waals surface area (Å²) >= 11 is 0. The van der Waals surface area contributed by atoms with E-state index in [0.717, 1.165) is 25.7 Å². The minimum atomic E-state index is 0.615. The van der Waals surface area contributed by atoms with Crippen molar-refractivity contribution in [2.24, 2.45) is 0 Å². The molecule has 100 valence electrons. The molecular weight excluding hydrogens is 212 g/mol. The molecule has 1 aliphatic rings. The Hall–Kier alpha value is -0.380. The second-order valence-electron chi connectivity index (χ2n) is 5.00. The predicted molar refractivity (Wildman–Crippen MR) is 73.4 cm³/mol. The van der Waals surface area contributed by atoms with Crippen molar-refractivity contribution in [2.45, 2.75) is 44.7 Å². The van der Waals surface area contributed by atoms with Crippen LogP contribution in [0.5, 0.6) is 0 Å². The van der Waals surface area contributed by atoms with Gasteiger partial charge in [0.2, 0.25) is 0 Å². The highest BCUT2D eigenvalue weighted by Crippen LogP contribution is 2.18. The zero-order valence-corrected chi connectivity index (χ0v) is 11.5. The fourth-order valence-electron chi connectivity index (χ4n) is 2.04. The molecule has 1 fully saturated rings. The summed E-state index contributed by atoms with van der Waals surface area (Å²) in [7, 11) is 1.76. The summed E-state index contributed by atoms with van der Waals surface area (Å²) < 4.78 is 5.15. The first-order valence-corrected chi connectivity index (χ1v) is 6.85. The van der Waals surface area contributed by atoms with Crippen LogP contribution in [0.2, 0.25) is 0 Å². The summed E-state index contributed by atoms with van der Waals surface area (Å²) in [5.74, 6) is 0. The van der Waals surface area contributed by atoms with Gasteiger partial charge in [-0.1, -0.05) is 6.08 Å². The highest BCUT2D eigenvalue weighted by atomic mass is 16.5. The first-order valence-electron chi connectivity index (χ1n) is 6.85. The van der Waals surface area contributed by atoms with Crippen LogP contribution >= 0.6 is 0 Å². The quantitative estimate of drug-likeness (QED) is 0.442. The van der Waals surface area contributed by atoms with Crippen molar-refractivity contribution in [3.05, 3.63) is 12.7 Å². The summed E-state index contributed by atoms with van der Waals surface area (Å²) in [5, 5.41) is 3.56. The van der Waals surface area contributed by atoms with Crippen molar-refractivity contribution < 1.29 is 4.74 Å². The molecule has 1 atom stereocenters. The molecule has 0 radical (unpaired) electrons. The van der Waals surface area contributed by atoms with E-state index in [-0.39, 0.29) is 0 Å². The van der Waals surface area contributed by atoms with Gasteiger partial charge in [0.15, 0.2) is 0 Å². The van der Waals surface area contributed by atoms with Crippen molar-refractivity contribution in [2.75, 3.05) is 33.4 Å². The van der Waals surface area contributed by atoms with Gasteiger partial charge in [-0.3, -0.25) is 4.90 Å². The first kappa shape index (κ1) is 14.7. The monoisotopic (exact) mass is 240 g/mol. The molecule has 1 saturated carbocycles. The third-order valence-corrected chi connectivity index (χ3v) is 3.38. The Labute approximate surface area is 106 Å². The lowest BCUT2D eigenvalue weighted by Gasteiger charge is -2.27. The standard InChI is InChI=1S/C14H28N2O/c1-4-10-16(11-12-17-3)13(2)6-5-9-15-14-7-8-14/h4,13-15H,1,5-12H2,2-3H3. The highest BCUT2D eigenvalue weighted by Gasteiger charge is 2.19. The van der Waals surface area contributed by atoms with Gasteiger partial charge in [-0.25, -0.2) is 0 Å². The Kier molecular flexibility index (Phi) is 7.49. The third kappa shape index (κ3) is 6.81. The molecule has 1 aliphatic carbocycles. The molecule has 1 N–H and O–H groups in total. The SMILES string of the molecule is C=CCN(CCOC)C(C)CCCNC1CC1. The number of nitrogens with one attached hydrogen (secondary N) is 1. The molecule has 1 rings (SSSR count). The Bertz CT molecular complexity index is 204. The van der Waals surface area contributed by atoms with Crippen molar-refractivity contribution in [1.82, 2.24) is 10.2 Å². The molecule has 0 aromatic heterocycles. The molecule has 0 amide bonds. The molecule has 0 spiro atoms. The van der Waals surface area contributed by atoms with E-state index in [1.807, 2.05) is 6.08 Å². The van der Waals surface area contributed by atoms with Gasteiger partial charge in [0.25, 0.3) is 0 Å². The van der Waals surface area contributed by atoms with E-state index in [4.69, 9.17) is 4.74 Å². The highest BCUT2D eigenvalue weighted by molar-refractivity contribution is 4.81. The smallest absolute Gasteiger partial charge is 0.0589 e. The second kappa shape index (κ2) is 8.67. The Morgan fingerprint density at radius 1 is 1.53 bits per heavy atom. The lowest BCUT2D eigenvalue weighted by Crippen LogP contribution is -2.36. The number of nitrogens with zero attached hydrogens (tertiary/aromatic N) is 1. The molecule has 1 unspecified atom stereocenters. The molecule has 0 aromatic rings. The van der Waals surface area contributed by atoms with E-state index in [1.54, 1.807) is 7.11 Å². The van der Waals surface area contributed by atoms with E-state index in [1.165, 1.54) is 32.2 Å². The van der Waals surface area contributed by atoms with Crippen LogP contribution in [0.4, 0.5) is 0 Å². The van der Waals surface area contributed by atoms with E-state index < -0.39 is 0 Å². The Balaban J connectivity index is 2.10. The van der Waals surface area contributed by atoms with Crippen LogP contribution in [0.25, 0.3) is 0 Å². The van der Waals surface area contributed by atoms with Gasteiger partial charge in [0.05, 0.1) is 6.61 Å². The number of rotatable bonds is 11. The van der Waals surface area contributed by atoms with Crippen molar-refractivity contribution in [3.8, 4) is 0 Å². The van der Waals surface area contributed by atoms with Crippen LogP contribution in [0.15, 0.2) is 12.7 Å². The van der Waals surface area contributed by atoms with E-state index in [2.05, 4.69) is 23.7 Å². The first-order chi connectivity index (χ1) is 8.27. The molecule has 3 heteroatoms. The van der Waals surface area contributed by atoms with Gasteiger partial charge in [-0.15, -0.1) is 6.58 Å².